The van der Waals surface area contributed by atoms with E-state index in [2.05, 4.69) is 5.32 Å². The van der Waals surface area contributed by atoms with Gasteiger partial charge in [-0.05, 0) is 13.3 Å². The quantitative estimate of drug-likeness (QED) is 0.762. The van der Waals surface area contributed by atoms with Gasteiger partial charge in [0, 0.05) is 39.1 Å². The monoisotopic (exact) mass is 283 g/mol. The number of nitrogens with zero attached hydrogens (tertiary/aromatic N) is 2. The molecular formula is C13H21N3O4. The number of ether oxygens (including phenoxy) is 1. The molecule has 0 bridgehead atoms. The lowest BCUT2D eigenvalue weighted by Gasteiger charge is -2.36. The van der Waals surface area contributed by atoms with Crippen molar-refractivity contribution in [2.24, 2.45) is 5.92 Å². The zero-order valence-electron chi connectivity index (χ0n) is 11.8. The van der Waals surface area contributed by atoms with Gasteiger partial charge in [-0.1, -0.05) is 0 Å². The molecule has 7 heteroatoms. The number of piperidine rings is 1. The minimum absolute atomic E-state index is 0.0150. The summed E-state index contributed by atoms with van der Waals surface area (Å²) in [6, 6.07) is 0. The van der Waals surface area contributed by atoms with Crippen molar-refractivity contribution in [2.75, 3.05) is 39.3 Å². The summed E-state index contributed by atoms with van der Waals surface area (Å²) in [5.74, 6) is -0.0310. The van der Waals surface area contributed by atoms with Crippen molar-refractivity contribution in [3.63, 3.8) is 0 Å². The van der Waals surface area contributed by atoms with Crippen LogP contribution < -0.4 is 5.32 Å². The van der Waals surface area contributed by atoms with Crippen LogP contribution in [0.2, 0.25) is 0 Å². The molecule has 0 aromatic heterocycles. The first-order valence-corrected chi connectivity index (χ1v) is 7.09. The van der Waals surface area contributed by atoms with E-state index >= 15 is 0 Å². The highest BCUT2D eigenvalue weighted by Crippen LogP contribution is 2.15. The summed E-state index contributed by atoms with van der Waals surface area (Å²) < 4.78 is 4.94. The average Bonchev–Trinajstić information content (AvgIpc) is 2.48. The zero-order chi connectivity index (χ0) is 14.5. The number of carbonyl (C=O) groups is 3. The number of carbonyl (C=O) groups excluding carboxylic acids is 3. The second-order valence-electron chi connectivity index (χ2n) is 5.05. The molecular weight excluding hydrogens is 262 g/mol. The molecule has 2 heterocycles. The molecule has 20 heavy (non-hydrogen) atoms. The molecule has 112 valence electrons. The van der Waals surface area contributed by atoms with E-state index in [4.69, 9.17) is 4.74 Å². The molecule has 0 aliphatic carbocycles. The minimum atomic E-state index is -0.315. The van der Waals surface area contributed by atoms with E-state index in [1.807, 2.05) is 0 Å². The van der Waals surface area contributed by atoms with Gasteiger partial charge in [-0.2, -0.15) is 0 Å². The van der Waals surface area contributed by atoms with Crippen LogP contribution in [0.1, 0.15) is 19.8 Å². The number of amides is 3. The van der Waals surface area contributed by atoms with Crippen molar-refractivity contribution < 1.29 is 19.1 Å². The van der Waals surface area contributed by atoms with Gasteiger partial charge in [0.2, 0.25) is 11.8 Å². The van der Waals surface area contributed by atoms with Crippen molar-refractivity contribution in [3.05, 3.63) is 0 Å². The molecule has 0 aromatic rings. The molecule has 1 atom stereocenters. The van der Waals surface area contributed by atoms with Gasteiger partial charge in [0.05, 0.1) is 12.5 Å². The number of hydrogen-bond donors (Lipinski definition) is 1. The highest BCUT2D eigenvalue weighted by atomic mass is 16.6. The van der Waals surface area contributed by atoms with E-state index in [1.165, 1.54) is 0 Å². The Balaban J connectivity index is 1.80. The SMILES string of the molecule is CCOC(=O)N1CCN(C(=O)C2CCC(=O)NC2)CC1. The van der Waals surface area contributed by atoms with Gasteiger partial charge >= 0.3 is 6.09 Å². The summed E-state index contributed by atoms with van der Waals surface area (Å²) in [6.07, 6.45) is 0.714. The molecule has 0 saturated carbocycles. The maximum Gasteiger partial charge on any atom is 0.409 e. The first kappa shape index (κ1) is 14.6. The fourth-order valence-electron chi connectivity index (χ4n) is 2.53. The summed E-state index contributed by atoms with van der Waals surface area (Å²) in [4.78, 5) is 38.4. The highest BCUT2D eigenvalue weighted by molar-refractivity contribution is 5.84. The average molecular weight is 283 g/mol. The van der Waals surface area contributed by atoms with Crippen molar-refractivity contribution >= 4 is 17.9 Å². The van der Waals surface area contributed by atoms with E-state index in [0.717, 1.165) is 0 Å². The lowest BCUT2D eigenvalue weighted by molar-refractivity contribution is -0.139. The largest absolute Gasteiger partial charge is 0.450 e. The molecule has 7 nitrogen and oxygen atoms in total. The van der Waals surface area contributed by atoms with Crippen LogP contribution in [0.15, 0.2) is 0 Å². The Bertz CT molecular complexity index is 381. The Morgan fingerprint density at radius 3 is 2.45 bits per heavy atom. The second-order valence-corrected chi connectivity index (χ2v) is 5.05. The predicted molar refractivity (Wildman–Crippen MR) is 70.9 cm³/mol. The van der Waals surface area contributed by atoms with Crippen molar-refractivity contribution in [1.82, 2.24) is 15.1 Å². The molecule has 2 rings (SSSR count). The van der Waals surface area contributed by atoms with Gasteiger partial charge in [-0.3, -0.25) is 9.59 Å². The van der Waals surface area contributed by atoms with Crippen LogP contribution in [0.4, 0.5) is 4.79 Å². The third kappa shape index (κ3) is 3.40. The summed E-state index contributed by atoms with van der Waals surface area (Å²) in [6.45, 7) is 4.63. The van der Waals surface area contributed by atoms with Crippen LogP contribution in [0.5, 0.6) is 0 Å². The van der Waals surface area contributed by atoms with Gasteiger partial charge in [-0.25, -0.2) is 4.79 Å². The van der Waals surface area contributed by atoms with E-state index in [1.54, 1.807) is 16.7 Å². The molecule has 0 radical (unpaired) electrons. The number of rotatable bonds is 2. The van der Waals surface area contributed by atoms with Crippen LogP contribution >= 0.6 is 0 Å². The van der Waals surface area contributed by atoms with Gasteiger partial charge in [0.25, 0.3) is 0 Å². The van der Waals surface area contributed by atoms with Crippen LogP contribution in [-0.2, 0) is 14.3 Å². The molecule has 2 saturated heterocycles. The van der Waals surface area contributed by atoms with E-state index < -0.39 is 0 Å². The smallest absolute Gasteiger partial charge is 0.409 e. The van der Waals surface area contributed by atoms with E-state index in [0.29, 0.717) is 52.2 Å². The lowest BCUT2D eigenvalue weighted by Crippen LogP contribution is -2.53. The first-order chi connectivity index (χ1) is 9.61. The fourth-order valence-corrected chi connectivity index (χ4v) is 2.53. The first-order valence-electron chi connectivity index (χ1n) is 7.09. The van der Waals surface area contributed by atoms with E-state index in [9.17, 15) is 14.4 Å². The van der Waals surface area contributed by atoms with Crippen LogP contribution in [0.3, 0.4) is 0 Å². The van der Waals surface area contributed by atoms with Crippen molar-refractivity contribution in [2.45, 2.75) is 19.8 Å². The Kier molecular flexibility index (Phi) is 4.81. The normalized spacial score (nSPS) is 23.2. The molecule has 0 aromatic carbocycles. The topological polar surface area (TPSA) is 79.0 Å². The third-order valence-electron chi connectivity index (χ3n) is 3.73. The van der Waals surface area contributed by atoms with Crippen molar-refractivity contribution in [3.8, 4) is 0 Å². The summed E-state index contributed by atoms with van der Waals surface area (Å²) in [5, 5.41) is 2.72. The predicted octanol–water partition coefficient (Wildman–Crippen LogP) is -0.187. The van der Waals surface area contributed by atoms with Crippen LogP contribution in [0, 0.1) is 5.92 Å². The number of piperazine rings is 1. The summed E-state index contributed by atoms with van der Waals surface area (Å²) in [7, 11) is 0. The Morgan fingerprint density at radius 2 is 1.90 bits per heavy atom. The Hall–Kier alpha value is -1.79. The Morgan fingerprint density at radius 1 is 1.25 bits per heavy atom. The van der Waals surface area contributed by atoms with E-state index in [-0.39, 0.29) is 23.8 Å². The highest BCUT2D eigenvalue weighted by Gasteiger charge is 2.31. The number of nitrogens with one attached hydrogen (secondary N) is 1. The maximum atomic E-state index is 12.3. The molecule has 2 aliphatic rings. The minimum Gasteiger partial charge on any atom is -0.450 e. The maximum absolute atomic E-state index is 12.3. The molecule has 2 aliphatic heterocycles. The second kappa shape index (κ2) is 6.58. The lowest BCUT2D eigenvalue weighted by atomic mass is 9.97. The molecule has 2 fully saturated rings. The van der Waals surface area contributed by atoms with Gasteiger partial charge in [0.1, 0.15) is 0 Å². The molecule has 3 amide bonds. The molecule has 1 unspecified atom stereocenters. The zero-order valence-corrected chi connectivity index (χ0v) is 11.8. The van der Waals surface area contributed by atoms with Gasteiger partial charge in [0.15, 0.2) is 0 Å². The van der Waals surface area contributed by atoms with Crippen LogP contribution in [0.25, 0.3) is 0 Å². The Labute approximate surface area is 118 Å². The molecule has 1 N–H and O–H groups in total. The van der Waals surface area contributed by atoms with Crippen LogP contribution in [-0.4, -0.2) is 67.0 Å². The fraction of sp³-hybridized carbons (Fsp3) is 0.769. The molecule has 0 spiro atoms. The standard InChI is InChI=1S/C13H21N3O4/c1-2-20-13(19)16-7-5-15(6-8-16)12(18)10-3-4-11(17)14-9-10/h10H,2-9H2,1H3,(H,14,17). The summed E-state index contributed by atoms with van der Waals surface area (Å²) in [5.41, 5.74) is 0. The van der Waals surface area contributed by atoms with Crippen molar-refractivity contribution in [1.29, 1.82) is 0 Å². The third-order valence-corrected chi connectivity index (χ3v) is 3.73. The van der Waals surface area contributed by atoms with Gasteiger partial charge < -0.3 is 19.9 Å². The number of hydrogen-bond acceptors (Lipinski definition) is 4. The summed E-state index contributed by atoms with van der Waals surface area (Å²) >= 11 is 0. The van der Waals surface area contributed by atoms with Gasteiger partial charge in [-0.15, -0.1) is 0 Å².